The average molecular weight is 339 g/mol. The van der Waals surface area contributed by atoms with Crippen molar-refractivity contribution in [2.45, 2.75) is 26.7 Å². The van der Waals surface area contributed by atoms with Gasteiger partial charge in [0, 0.05) is 24.2 Å². The molecule has 0 atom stereocenters. The Hall–Kier alpha value is -3.08. The average Bonchev–Trinajstić information content (AvgIpc) is 2.59. The van der Waals surface area contributed by atoms with E-state index in [0.29, 0.717) is 11.3 Å². The second kappa shape index (κ2) is 10.6. The highest BCUT2D eigenvalue weighted by Gasteiger charge is 2.12. The first-order valence-corrected chi connectivity index (χ1v) is 8.05. The number of nitrogens with one attached hydrogen (secondary N) is 1. The van der Waals surface area contributed by atoms with E-state index in [1.165, 1.54) is 0 Å². The summed E-state index contributed by atoms with van der Waals surface area (Å²) < 4.78 is 0. The summed E-state index contributed by atoms with van der Waals surface area (Å²) in [6, 6.07) is 9.35. The highest BCUT2D eigenvalue weighted by Crippen LogP contribution is 2.12. The van der Waals surface area contributed by atoms with Crippen LogP contribution < -0.4 is 11.1 Å². The van der Waals surface area contributed by atoms with E-state index in [4.69, 9.17) is 5.73 Å². The maximum atomic E-state index is 11.4. The number of nitrogens with two attached hydrogens (primary N) is 1. The van der Waals surface area contributed by atoms with E-state index in [1.807, 2.05) is 44.2 Å². The molecule has 0 aliphatic heterocycles. The van der Waals surface area contributed by atoms with E-state index in [-0.39, 0.29) is 17.0 Å². The van der Waals surface area contributed by atoms with Crippen molar-refractivity contribution in [2.75, 3.05) is 0 Å². The van der Waals surface area contributed by atoms with Gasteiger partial charge in [-0.15, -0.1) is 0 Å². The third-order valence-electron chi connectivity index (χ3n) is 3.28. The van der Waals surface area contributed by atoms with Gasteiger partial charge in [-0.1, -0.05) is 61.6 Å². The molecule has 5 heteroatoms. The van der Waals surface area contributed by atoms with Crippen molar-refractivity contribution in [3.63, 3.8) is 0 Å². The maximum absolute atomic E-state index is 11.4. The molecule has 5 nitrogen and oxygen atoms in total. The number of hydrogen-bond acceptors (Lipinski definition) is 4. The summed E-state index contributed by atoms with van der Waals surface area (Å²) in [5.41, 5.74) is 8.95. The summed E-state index contributed by atoms with van der Waals surface area (Å²) in [4.78, 5) is 11.1. The molecule has 1 rings (SSSR count). The van der Waals surface area contributed by atoms with Gasteiger partial charge in [0.05, 0.1) is 11.3 Å². The van der Waals surface area contributed by atoms with Crippen molar-refractivity contribution in [3.8, 4) is 0 Å². The van der Waals surface area contributed by atoms with E-state index >= 15 is 0 Å². The first-order valence-electron chi connectivity index (χ1n) is 8.05. The minimum absolute atomic E-state index is 0.109. The van der Waals surface area contributed by atoms with Crippen molar-refractivity contribution < 1.29 is 4.92 Å². The third-order valence-corrected chi connectivity index (χ3v) is 3.28. The summed E-state index contributed by atoms with van der Waals surface area (Å²) in [5, 5.41) is 14.4. The van der Waals surface area contributed by atoms with Gasteiger partial charge in [-0.3, -0.25) is 10.1 Å². The quantitative estimate of drug-likeness (QED) is 0.401. The lowest BCUT2D eigenvalue weighted by molar-refractivity contribution is -0.427. The monoisotopic (exact) mass is 339 g/mol. The van der Waals surface area contributed by atoms with Gasteiger partial charge < -0.3 is 11.1 Å². The van der Waals surface area contributed by atoms with Gasteiger partial charge in [0.1, 0.15) is 0 Å². The van der Waals surface area contributed by atoms with E-state index in [9.17, 15) is 10.1 Å². The van der Waals surface area contributed by atoms with Crippen molar-refractivity contribution in [1.29, 1.82) is 0 Å². The first kappa shape index (κ1) is 20.0. The normalized spacial score (nSPS) is 13.1. The molecule has 0 radical (unpaired) electrons. The second-order valence-corrected chi connectivity index (χ2v) is 5.62. The zero-order valence-electron chi connectivity index (χ0n) is 14.7. The minimum atomic E-state index is -0.355. The van der Waals surface area contributed by atoms with Crippen molar-refractivity contribution in [2.24, 2.45) is 5.73 Å². The van der Waals surface area contributed by atoms with Gasteiger partial charge in [0.25, 0.3) is 5.70 Å². The van der Waals surface area contributed by atoms with Crippen LogP contribution in [-0.2, 0) is 6.42 Å². The Balaban J connectivity index is 3.11. The summed E-state index contributed by atoms with van der Waals surface area (Å²) in [5.74, 6) is 0. The fraction of sp³-hybridized carbons (Fsp3) is 0.200. The summed E-state index contributed by atoms with van der Waals surface area (Å²) in [6.07, 6.45) is 9.45. The predicted octanol–water partition coefficient (Wildman–Crippen LogP) is 4.21. The van der Waals surface area contributed by atoms with Crippen LogP contribution >= 0.6 is 0 Å². The second-order valence-electron chi connectivity index (χ2n) is 5.62. The van der Waals surface area contributed by atoms with Crippen LogP contribution in [0.15, 0.2) is 90.1 Å². The molecule has 0 aliphatic carbocycles. The Kier molecular flexibility index (Phi) is 8.50. The molecule has 0 spiro atoms. The summed E-state index contributed by atoms with van der Waals surface area (Å²) in [6.45, 7) is 7.62. The van der Waals surface area contributed by atoms with Gasteiger partial charge in [0.2, 0.25) is 0 Å². The smallest absolute Gasteiger partial charge is 0.251 e. The largest absolute Gasteiger partial charge is 0.401 e. The van der Waals surface area contributed by atoms with E-state index < -0.39 is 0 Å². The van der Waals surface area contributed by atoms with Crippen LogP contribution in [0.5, 0.6) is 0 Å². The molecule has 0 bridgehead atoms. The Morgan fingerprint density at radius 1 is 1.28 bits per heavy atom. The molecular weight excluding hydrogens is 314 g/mol. The molecule has 1 aromatic rings. The van der Waals surface area contributed by atoms with Gasteiger partial charge >= 0.3 is 0 Å². The molecule has 0 amide bonds. The van der Waals surface area contributed by atoms with Crippen LogP contribution in [0, 0.1) is 10.1 Å². The molecule has 0 aliphatic rings. The molecule has 1 aromatic carbocycles. The number of allylic oxidation sites excluding steroid dienone is 7. The van der Waals surface area contributed by atoms with Gasteiger partial charge in [-0.05, 0) is 24.5 Å². The zero-order valence-corrected chi connectivity index (χ0v) is 14.7. The molecular formula is C20H25N3O2. The van der Waals surface area contributed by atoms with E-state index in [0.717, 1.165) is 17.6 Å². The van der Waals surface area contributed by atoms with Crippen molar-refractivity contribution in [3.05, 3.63) is 106 Å². The van der Waals surface area contributed by atoms with Gasteiger partial charge in [-0.2, -0.15) is 0 Å². The Bertz CT molecular complexity index is 714. The zero-order chi connectivity index (χ0) is 18.7. The number of nitro groups is 1. The van der Waals surface area contributed by atoms with Crippen LogP contribution in [0.2, 0.25) is 0 Å². The van der Waals surface area contributed by atoms with Crippen molar-refractivity contribution in [1.82, 2.24) is 5.32 Å². The fourth-order valence-corrected chi connectivity index (χ4v) is 1.89. The third kappa shape index (κ3) is 8.37. The molecule has 3 N–H and O–H groups in total. The number of nitrogens with zero attached hydrogens (tertiary/aromatic N) is 1. The van der Waals surface area contributed by atoms with Crippen LogP contribution in [0.1, 0.15) is 25.8 Å². The molecule has 0 aromatic heterocycles. The van der Waals surface area contributed by atoms with Gasteiger partial charge in [0.15, 0.2) is 0 Å². The van der Waals surface area contributed by atoms with E-state index in [1.54, 1.807) is 30.6 Å². The van der Waals surface area contributed by atoms with Crippen LogP contribution in [0.4, 0.5) is 0 Å². The van der Waals surface area contributed by atoms with Crippen LogP contribution in [-0.4, -0.2) is 4.92 Å². The molecule has 0 fully saturated rings. The number of rotatable bonds is 9. The maximum Gasteiger partial charge on any atom is 0.251 e. The summed E-state index contributed by atoms with van der Waals surface area (Å²) >= 11 is 0. The summed E-state index contributed by atoms with van der Waals surface area (Å²) in [7, 11) is 0. The highest BCUT2D eigenvalue weighted by atomic mass is 16.6. The molecule has 0 saturated heterocycles. The number of benzene rings is 1. The van der Waals surface area contributed by atoms with Gasteiger partial charge in [-0.25, -0.2) is 0 Å². The molecule has 132 valence electrons. The number of hydrogen-bond donors (Lipinski definition) is 2. The minimum Gasteiger partial charge on any atom is -0.401 e. The Morgan fingerprint density at radius 2 is 1.96 bits per heavy atom. The lowest BCUT2D eigenvalue weighted by Crippen LogP contribution is -2.05. The van der Waals surface area contributed by atoms with Crippen LogP contribution in [0.3, 0.4) is 0 Å². The molecule has 25 heavy (non-hydrogen) atoms. The highest BCUT2D eigenvalue weighted by molar-refractivity contribution is 5.36. The standard InChI is InChI=1S/C20H25N3O2/c1-4-19(21)15-22-14-18(11-10-16(2)3)13-20(23(24)25)12-17-8-6-5-7-9-17/h5-11,13-15,22H,2,4,12,21H2,1,3H3/b11-10-,18-14+,19-15-,20-13-. The topological polar surface area (TPSA) is 81.2 Å². The van der Waals surface area contributed by atoms with E-state index in [2.05, 4.69) is 11.9 Å². The molecule has 0 heterocycles. The predicted molar refractivity (Wildman–Crippen MR) is 103 cm³/mol. The lowest BCUT2D eigenvalue weighted by atomic mass is 10.1. The Labute approximate surface area is 149 Å². The lowest BCUT2D eigenvalue weighted by Gasteiger charge is -2.02. The fourth-order valence-electron chi connectivity index (χ4n) is 1.89. The molecule has 0 saturated carbocycles. The SMILES string of the molecule is C=C(C)\C=C/C(/C=C(/Cc1ccccc1)[N+](=O)[O-])=C\N/C=C(\N)CC. The first-order chi connectivity index (χ1) is 11.9. The van der Waals surface area contributed by atoms with Crippen molar-refractivity contribution >= 4 is 0 Å². The Morgan fingerprint density at radius 3 is 2.52 bits per heavy atom. The van der Waals surface area contributed by atoms with Crippen LogP contribution in [0.25, 0.3) is 0 Å². The molecule has 0 unspecified atom stereocenters.